The van der Waals surface area contributed by atoms with Crippen LogP contribution in [-0.4, -0.2) is 26.1 Å². The monoisotopic (exact) mass is 231 g/mol. The zero-order chi connectivity index (χ0) is 10.1. The lowest BCUT2D eigenvalue weighted by molar-refractivity contribution is 0.847. The lowest BCUT2D eigenvalue weighted by atomic mass is 10.4. The van der Waals surface area contributed by atoms with Crippen LogP contribution in [0.15, 0.2) is 6.07 Å². The average Bonchev–Trinajstić information content (AvgIpc) is 2.49. The largest absolute Gasteiger partial charge is 0.330 e. The molecule has 0 radical (unpaired) electrons. The van der Waals surface area contributed by atoms with E-state index in [4.69, 9.17) is 28.9 Å². The second-order valence-corrected chi connectivity index (χ2v) is 3.47. The summed E-state index contributed by atoms with van der Waals surface area (Å²) < 4.78 is 1.63. The maximum absolute atomic E-state index is 5.96. The van der Waals surface area contributed by atoms with Crippen LogP contribution in [-0.2, 0) is 6.42 Å². The number of aromatic nitrogens is 4. The number of fused-ring (bicyclic) bond motifs is 1. The quantitative estimate of drug-likeness (QED) is 0.782. The van der Waals surface area contributed by atoms with Crippen molar-refractivity contribution in [3.63, 3.8) is 0 Å². The molecular formula is C7H7Cl2N5. The Labute approximate surface area is 89.9 Å². The van der Waals surface area contributed by atoms with Gasteiger partial charge in [0.1, 0.15) is 16.1 Å². The van der Waals surface area contributed by atoms with Crippen molar-refractivity contribution in [2.75, 3.05) is 6.54 Å². The molecule has 2 aromatic heterocycles. The van der Waals surface area contributed by atoms with Crippen LogP contribution in [0.1, 0.15) is 5.82 Å². The third-order valence-corrected chi connectivity index (χ3v) is 2.21. The van der Waals surface area contributed by atoms with Gasteiger partial charge in [0, 0.05) is 12.5 Å². The number of hydrogen-bond donors (Lipinski definition) is 1. The molecule has 0 saturated heterocycles. The highest BCUT2D eigenvalue weighted by molar-refractivity contribution is 6.33. The van der Waals surface area contributed by atoms with E-state index in [-0.39, 0.29) is 0 Å². The van der Waals surface area contributed by atoms with E-state index in [2.05, 4.69) is 15.2 Å². The van der Waals surface area contributed by atoms with Crippen molar-refractivity contribution in [3.05, 3.63) is 22.2 Å². The highest BCUT2D eigenvalue weighted by Crippen LogP contribution is 2.16. The number of halogens is 2. The van der Waals surface area contributed by atoms with Crippen molar-refractivity contribution in [1.82, 2.24) is 19.6 Å². The van der Waals surface area contributed by atoms with Gasteiger partial charge in [0.2, 0.25) is 0 Å². The molecule has 74 valence electrons. The van der Waals surface area contributed by atoms with Gasteiger partial charge in [-0.05, 0) is 6.54 Å². The van der Waals surface area contributed by atoms with Gasteiger partial charge in [0.15, 0.2) is 0 Å². The first-order valence-electron chi connectivity index (χ1n) is 3.98. The first-order valence-corrected chi connectivity index (χ1v) is 4.74. The molecule has 2 N–H and O–H groups in total. The summed E-state index contributed by atoms with van der Waals surface area (Å²) in [6.07, 6.45) is 0.601. The summed E-state index contributed by atoms with van der Waals surface area (Å²) in [5.74, 6) is 1.09. The van der Waals surface area contributed by atoms with Gasteiger partial charge in [-0.1, -0.05) is 23.2 Å². The summed E-state index contributed by atoms with van der Waals surface area (Å²) in [4.78, 5) is 3.97. The molecule has 2 rings (SSSR count). The summed E-state index contributed by atoms with van der Waals surface area (Å²) in [5, 5.41) is 8.49. The van der Waals surface area contributed by atoms with Crippen molar-refractivity contribution < 1.29 is 0 Å². The van der Waals surface area contributed by atoms with Crippen LogP contribution in [0.2, 0.25) is 10.3 Å². The van der Waals surface area contributed by atoms with Crippen molar-refractivity contribution in [3.8, 4) is 0 Å². The fourth-order valence-corrected chi connectivity index (χ4v) is 1.69. The third kappa shape index (κ3) is 1.54. The van der Waals surface area contributed by atoms with Crippen LogP contribution in [0.3, 0.4) is 0 Å². The molecule has 0 amide bonds. The number of nitrogens with two attached hydrogens (primary N) is 1. The summed E-state index contributed by atoms with van der Waals surface area (Å²) in [5.41, 5.74) is 5.42. The van der Waals surface area contributed by atoms with Gasteiger partial charge < -0.3 is 5.73 Å². The molecule has 0 fully saturated rings. The van der Waals surface area contributed by atoms with Crippen molar-refractivity contribution >= 4 is 29.0 Å². The zero-order valence-electron chi connectivity index (χ0n) is 7.11. The molecule has 14 heavy (non-hydrogen) atoms. The Bertz CT molecular complexity index is 466. The minimum Gasteiger partial charge on any atom is -0.330 e. The molecule has 0 saturated carbocycles. The number of nitrogens with zero attached hydrogens (tertiary/aromatic N) is 4. The van der Waals surface area contributed by atoms with Crippen molar-refractivity contribution in [2.45, 2.75) is 6.42 Å². The smallest absolute Gasteiger partial charge is 0.257 e. The van der Waals surface area contributed by atoms with Crippen LogP contribution < -0.4 is 5.73 Å². The molecule has 0 spiro atoms. The molecule has 0 aromatic carbocycles. The molecule has 0 aliphatic rings. The predicted molar refractivity (Wildman–Crippen MR) is 53.6 cm³/mol. The Balaban J connectivity index is 2.66. The van der Waals surface area contributed by atoms with E-state index in [0.717, 1.165) is 0 Å². The Morgan fingerprint density at radius 1 is 1.36 bits per heavy atom. The van der Waals surface area contributed by atoms with Crippen LogP contribution in [0.5, 0.6) is 0 Å². The second kappa shape index (κ2) is 3.68. The van der Waals surface area contributed by atoms with E-state index in [9.17, 15) is 0 Å². The van der Waals surface area contributed by atoms with Gasteiger partial charge in [0.05, 0.1) is 0 Å². The summed E-state index contributed by atoms with van der Waals surface area (Å²) in [7, 11) is 0. The van der Waals surface area contributed by atoms with Gasteiger partial charge in [-0.15, -0.1) is 10.2 Å². The van der Waals surface area contributed by atoms with E-state index in [1.54, 1.807) is 10.5 Å². The van der Waals surface area contributed by atoms with Gasteiger partial charge in [-0.25, -0.2) is 0 Å². The normalized spacial score (nSPS) is 11.1. The summed E-state index contributed by atoms with van der Waals surface area (Å²) in [6, 6.07) is 1.54. The van der Waals surface area contributed by atoms with Gasteiger partial charge in [-0.2, -0.15) is 4.98 Å². The van der Waals surface area contributed by atoms with Crippen LogP contribution in [0.25, 0.3) is 5.78 Å². The fraction of sp³-hybridized carbons (Fsp3) is 0.286. The van der Waals surface area contributed by atoms with Crippen LogP contribution in [0.4, 0.5) is 0 Å². The Hall–Kier alpha value is -0.910. The SMILES string of the molecule is NCCc1nnc2nc(Cl)cc(Cl)n12. The second-order valence-electron chi connectivity index (χ2n) is 2.69. The number of hydrogen-bond acceptors (Lipinski definition) is 4. The maximum Gasteiger partial charge on any atom is 0.257 e. The van der Waals surface area contributed by atoms with Crippen molar-refractivity contribution in [1.29, 1.82) is 0 Å². The molecule has 0 unspecified atom stereocenters. The highest BCUT2D eigenvalue weighted by Gasteiger charge is 2.09. The summed E-state index contributed by atoms with van der Waals surface area (Å²) >= 11 is 11.7. The molecule has 0 atom stereocenters. The highest BCUT2D eigenvalue weighted by atomic mass is 35.5. The maximum atomic E-state index is 5.96. The molecule has 2 aromatic rings. The van der Waals surface area contributed by atoms with Gasteiger partial charge >= 0.3 is 0 Å². The zero-order valence-corrected chi connectivity index (χ0v) is 8.63. The lowest BCUT2D eigenvalue weighted by Crippen LogP contribution is -2.07. The summed E-state index contributed by atoms with van der Waals surface area (Å²) in [6.45, 7) is 0.486. The molecular weight excluding hydrogens is 225 g/mol. The minimum atomic E-state index is 0.300. The Kier molecular flexibility index (Phi) is 2.54. The Morgan fingerprint density at radius 3 is 2.86 bits per heavy atom. The Morgan fingerprint density at radius 2 is 2.14 bits per heavy atom. The molecule has 7 heteroatoms. The third-order valence-electron chi connectivity index (χ3n) is 1.74. The predicted octanol–water partition coefficient (Wildman–Crippen LogP) is 0.932. The van der Waals surface area contributed by atoms with E-state index < -0.39 is 0 Å². The molecule has 5 nitrogen and oxygen atoms in total. The molecule has 0 aliphatic carbocycles. The fourth-order valence-electron chi connectivity index (χ4n) is 1.18. The number of rotatable bonds is 2. The van der Waals surface area contributed by atoms with E-state index in [0.29, 0.717) is 34.9 Å². The molecule has 0 bridgehead atoms. The first-order chi connectivity index (χ1) is 6.72. The molecule has 2 heterocycles. The minimum absolute atomic E-state index is 0.300. The van der Waals surface area contributed by atoms with Crippen LogP contribution >= 0.6 is 23.2 Å². The topological polar surface area (TPSA) is 69.1 Å². The van der Waals surface area contributed by atoms with E-state index >= 15 is 0 Å². The van der Waals surface area contributed by atoms with Gasteiger partial charge in [-0.3, -0.25) is 4.40 Å². The van der Waals surface area contributed by atoms with Crippen molar-refractivity contribution in [2.24, 2.45) is 5.73 Å². The van der Waals surface area contributed by atoms with E-state index in [1.807, 2.05) is 0 Å². The standard InChI is InChI=1S/C7H7Cl2N5/c8-4-3-5(9)14-6(1-2-10)12-13-7(14)11-4/h3H,1-2,10H2. The molecule has 0 aliphatic heterocycles. The average molecular weight is 232 g/mol. The first kappa shape index (κ1) is 9.64. The van der Waals surface area contributed by atoms with Crippen LogP contribution in [0, 0.1) is 0 Å². The van der Waals surface area contributed by atoms with Gasteiger partial charge in [0.25, 0.3) is 5.78 Å². The van der Waals surface area contributed by atoms with E-state index in [1.165, 1.54) is 0 Å². The lowest BCUT2D eigenvalue weighted by Gasteiger charge is -2.00.